The number of ether oxygens (including phenoxy) is 1. The molecular weight excluding hydrogens is 280 g/mol. The number of anilines is 1. The number of nitrogens with one attached hydrogen (secondary N) is 2. The summed E-state index contributed by atoms with van der Waals surface area (Å²) in [5, 5.41) is 2.71. The first-order chi connectivity index (χ1) is 10.6. The second-order valence-electron chi connectivity index (χ2n) is 4.86. The van der Waals surface area contributed by atoms with Crippen LogP contribution in [0, 0.1) is 6.92 Å². The van der Waals surface area contributed by atoms with Crippen molar-refractivity contribution in [2.75, 3.05) is 5.32 Å². The van der Waals surface area contributed by atoms with Crippen LogP contribution in [0.1, 0.15) is 23.6 Å². The van der Waals surface area contributed by atoms with Crippen molar-refractivity contribution >= 4 is 11.7 Å². The Bertz CT molecular complexity index is 658. The molecule has 0 unspecified atom stereocenters. The Labute approximate surface area is 129 Å². The van der Waals surface area contributed by atoms with Gasteiger partial charge in [-0.3, -0.25) is 5.43 Å². The number of rotatable bonds is 5. The molecule has 1 aromatic carbocycles. The van der Waals surface area contributed by atoms with E-state index in [0.29, 0.717) is 18.2 Å². The highest BCUT2D eigenvalue weighted by molar-refractivity contribution is 5.89. The van der Waals surface area contributed by atoms with E-state index in [1.165, 1.54) is 0 Å². The number of pyridine rings is 1. The first kappa shape index (κ1) is 15.8. The van der Waals surface area contributed by atoms with Gasteiger partial charge in [0.05, 0.1) is 0 Å². The number of hydrazine groups is 1. The fourth-order valence-corrected chi connectivity index (χ4v) is 2.15. The molecule has 0 spiro atoms. The SMILES string of the molecule is CCc1cccc(NC(=O)NN)c1COc1cc(C)ccn1. The quantitative estimate of drug-likeness (QED) is 0.450. The summed E-state index contributed by atoms with van der Waals surface area (Å²) in [7, 11) is 0. The molecule has 0 radical (unpaired) electrons. The summed E-state index contributed by atoms with van der Waals surface area (Å²) in [6.07, 6.45) is 2.54. The third-order valence-electron chi connectivity index (χ3n) is 3.29. The number of urea groups is 1. The van der Waals surface area contributed by atoms with Crippen molar-refractivity contribution in [3.8, 4) is 5.88 Å². The molecule has 2 rings (SSSR count). The Morgan fingerprint density at radius 3 is 2.86 bits per heavy atom. The Kier molecular flexibility index (Phi) is 5.32. The van der Waals surface area contributed by atoms with E-state index in [1.807, 2.05) is 37.3 Å². The molecule has 1 heterocycles. The summed E-state index contributed by atoms with van der Waals surface area (Å²) < 4.78 is 5.76. The second kappa shape index (κ2) is 7.42. The number of aryl methyl sites for hydroxylation is 2. The molecule has 6 nitrogen and oxygen atoms in total. The fourth-order valence-electron chi connectivity index (χ4n) is 2.15. The first-order valence-corrected chi connectivity index (χ1v) is 7.07. The van der Waals surface area contributed by atoms with Gasteiger partial charge in [0.25, 0.3) is 0 Å². The van der Waals surface area contributed by atoms with Crippen molar-refractivity contribution in [3.05, 3.63) is 53.2 Å². The second-order valence-corrected chi connectivity index (χ2v) is 4.86. The zero-order valence-corrected chi connectivity index (χ0v) is 12.7. The van der Waals surface area contributed by atoms with Crippen molar-refractivity contribution in [2.24, 2.45) is 5.84 Å². The van der Waals surface area contributed by atoms with E-state index < -0.39 is 6.03 Å². The minimum Gasteiger partial charge on any atom is -0.473 e. The van der Waals surface area contributed by atoms with Gasteiger partial charge in [-0.1, -0.05) is 19.1 Å². The van der Waals surface area contributed by atoms with E-state index in [-0.39, 0.29) is 0 Å². The Morgan fingerprint density at radius 2 is 2.18 bits per heavy atom. The van der Waals surface area contributed by atoms with E-state index in [4.69, 9.17) is 10.6 Å². The van der Waals surface area contributed by atoms with Gasteiger partial charge in [-0.25, -0.2) is 15.6 Å². The lowest BCUT2D eigenvalue weighted by molar-refractivity contribution is 0.252. The van der Waals surface area contributed by atoms with Crippen LogP contribution < -0.4 is 21.3 Å². The summed E-state index contributed by atoms with van der Waals surface area (Å²) in [6.45, 7) is 4.35. The molecule has 6 heteroatoms. The number of carbonyl (C=O) groups excluding carboxylic acids is 1. The fraction of sp³-hybridized carbons (Fsp3) is 0.250. The molecule has 0 aliphatic carbocycles. The van der Waals surface area contributed by atoms with E-state index in [1.54, 1.807) is 6.20 Å². The van der Waals surface area contributed by atoms with Crippen LogP contribution >= 0.6 is 0 Å². The van der Waals surface area contributed by atoms with Gasteiger partial charge in [-0.2, -0.15) is 0 Å². The molecule has 0 bridgehead atoms. The summed E-state index contributed by atoms with van der Waals surface area (Å²) in [5.74, 6) is 5.67. The molecule has 0 saturated carbocycles. The van der Waals surface area contributed by atoms with E-state index in [9.17, 15) is 4.79 Å². The van der Waals surface area contributed by atoms with E-state index in [2.05, 4.69) is 22.7 Å². The van der Waals surface area contributed by atoms with Crippen LogP contribution in [0.3, 0.4) is 0 Å². The lowest BCUT2D eigenvalue weighted by Gasteiger charge is -2.15. The number of carbonyl (C=O) groups is 1. The molecule has 0 aliphatic rings. The van der Waals surface area contributed by atoms with Crippen molar-refractivity contribution < 1.29 is 9.53 Å². The first-order valence-electron chi connectivity index (χ1n) is 7.07. The van der Waals surface area contributed by atoms with E-state index in [0.717, 1.165) is 23.1 Å². The maximum Gasteiger partial charge on any atom is 0.333 e. The maximum atomic E-state index is 11.5. The zero-order chi connectivity index (χ0) is 15.9. The van der Waals surface area contributed by atoms with Crippen LogP contribution in [0.15, 0.2) is 36.5 Å². The highest BCUT2D eigenvalue weighted by Crippen LogP contribution is 2.23. The number of amides is 2. The third-order valence-corrected chi connectivity index (χ3v) is 3.29. The summed E-state index contributed by atoms with van der Waals surface area (Å²) >= 11 is 0. The van der Waals surface area contributed by atoms with Crippen molar-refractivity contribution in [2.45, 2.75) is 26.9 Å². The third kappa shape index (κ3) is 3.95. The van der Waals surface area contributed by atoms with Crippen LogP contribution in [-0.2, 0) is 13.0 Å². The van der Waals surface area contributed by atoms with Gasteiger partial charge >= 0.3 is 6.03 Å². The smallest absolute Gasteiger partial charge is 0.333 e. The molecule has 1 aromatic heterocycles. The van der Waals surface area contributed by atoms with Crippen molar-refractivity contribution in [1.82, 2.24) is 10.4 Å². The number of nitrogens with two attached hydrogens (primary N) is 1. The van der Waals surface area contributed by atoms with Gasteiger partial charge in [0.1, 0.15) is 6.61 Å². The highest BCUT2D eigenvalue weighted by Gasteiger charge is 2.11. The summed E-state index contributed by atoms with van der Waals surface area (Å²) in [4.78, 5) is 15.6. The maximum absolute atomic E-state index is 11.5. The normalized spacial score (nSPS) is 10.1. The predicted molar refractivity (Wildman–Crippen MR) is 85.5 cm³/mol. The monoisotopic (exact) mass is 300 g/mol. The average molecular weight is 300 g/mol. The number of hydrogen-bond acceptors (Lipinski definition) is 4. The summed E-state index contributed by atoms with van der Waals surface area (Å²) in [5.41, 5.74) is 5.82. The van der Waals surface area contributed by atoms with Gasteiger partial charge in [-0.05, 0) is 36.6 Å². The molecular formula is C16H20N4O2. The van der Waals surface area contributed by atoms with Crippen LogP contribution in [0.25, 0.3) is 0 Å². The molecule has 22 heavy (non-hydrogen) atoms. The van der Waals surface area contributed by atoms with Gasteiger partial charge in [0.15, 0.2) is 0 Å². The lowest BCUT2D eigenvalue weighted by atomic mass is 10.0. The molecule has 0 aliphatic heterocycles. The largest absolute Gasteiger partial charge is 0.473 e. The lowest BCUT2D eigenvalue weighted by Crippen LogP contribution is -2.34. The van der Waals surface area contributed by atoms with Crippen LogP contribution in [0.4, 0.5) is 10.5 Å². The standard InChI is InChI=1S/C16H20N4O2/c1-3-12-5-4-6-14(19-16(21)20-17)13(12)10-22-15-9-11(2)7-8-18-15/h4-9H,3,10,17H2,1-2H3,(H2,19,20,21). The van der Waals surface area contributed by atoms with Crippen molar-refractivity contribution in [3.63, 3.8) is 0 Å². The number of benzene rings is 1. The molecule has 0 fully saturated rings. The van der Waals surface area contributed by atoms with Gasteiger partial charge in [-0.15, -0.1) is 0 Å². The van der Waals surface area contributed by atoms with Gasteiger partial charge in [0.2, 0.25) is 5.88 Å². The average Bonchev–Trinajstić information content (AvgIpc) is 2.53. The van der Waals surface area contributed by atoms with Gasteiger partial charge in [0, 0.05) is 23.5 Å². The highest BCUT2D eigenvalue weighted by atomic mass is 16.5. The molecule has 116 valence electrons. The van der Waals surface area contributed by atoms with Crippen LogP contribution in [-0.4, -0.2) is 11.0 Å². The molecule has 4 N–H and O–H groups in total. The molecule has 0 atom stereocenters. The minimum absolute atomic E-state index is 0.320. The Hall–Kier alpha value is -2.60. The minimum atomic E-state index is -0.469. The number of hydrogen-bond donors (Lipinski definition) is 3. The number of nitrogens with zero attached hydrogens (tertiary/aromatic N) is 1. The van der Waals surface area contributed by atoms with Crippen LogP contribution in [0.5, 0.6) is 5.88 Å². The van der Waals surface area contributed by atoms with Gasteiger partial charge < -0.3 is 10.1 Å². The molecule has 2 amide bonds. The Balaban J connectivity index is 2.22. The Morgan fingerprint density at radius 1 is 1.36 bits per heavy atom. The molecule has 0 saturated heterocycles. The topological polar surface area (TPSA) is 89.3 Å². The van der Waals surface area contributed by atoms with E-state index >= 15 is 0 Å². The molecule has 2 aromatic rings. The van der Waals surface area contributed by atoms with Crippen LogP contribution in [0.2, 0.25) is 0 Å². The summed E-state index contributed by atoms with van der Waals surface area (Å²) in [6, 6.07) is 9.02. The zero-order valence-electron chi connectivity index (χ0n) is 12.7. The van der Waals surface area contributed by atoms with Crippen molar-refractivity contribution in [1.29, 1.82) is 0 Å². The predicted octanol–water partition coefficient (Wildman–Crippen LogP) is 2.53. The number of aromatic nitrogens is 1.